The Morgan fingerprint density at radius 1 is 0.906 bits per heavy atom. The summed E-state index contributed by atoms with van der Waals surface area (Å²) in [4.78, 5) is 18.6. The summed E-state index contributed by atoms with van der Waals surface area (Å²) in [5.41, 5.74) is 5.57. The van der Waals surface area contributed by atoms with E-state index < -0.39 is 0 Å². The summed E-state index contributed by atoms with van der Waals surface area (Å²) in [7, 11) is 0. The summed E-state index contributed by atoms with van der Waals surface area (Å²) in [6, 6.07) is 28.3. The third kappa shape index (κ3) is 4.35. The average molecular weight is 424 g/mol. The lowest BCUT2D eigenvalue weighted by Crippen LogP contribution is -2.29. The highest BCUT2D eigenvalue weighted by atomic mass is 16.2. The monoisotopic (exact) mass is 423 g/mol. The van der Waals surface area contributed by atoms with Crippen molar-refractivity contribution in [1.82, 2.24) is 14.9 Å². The Kier molecular flexibility index (Phi) is 6.50. The third-order valence-electron chi connectivity index (χ3n) is 5.79. The molecule has 0 aliphatic heterocycles. The maximum atomic E-state index is 13.6. The number of hydrogen-bond donors (Lipinski definition) is 1. The summed E-state index contributed by atoms with van der Waals surface area (Å²) in [6.45, 7) is 6.84. The van der Waals surface area contributed by atoms with Crippen LogP contribution >= 0.6 is 0 Å². The molecule has 0 aliphatic rings. The Labute approximate surface area is 190 Å². The highest BCUT2D eigenvalue weighted by molar-refractivity contribution is 5.99. The maximum absolute atomic E-state index is 13.6. The molecule has 1 aromatic heterocycles. The molecule has 3 aromatic carbocycles. The van der Waals surface area contributed by atoms with Crippen LogP contribution in [0, 0.1) is 0 Å². The molecule has 0 unspecified atom stereocenters. The van der Waals surface area contributed by atoms with E-state index in [1.54, 1.807) is 0 Å². The van der Waals surface area contributed by atoms with Crippen molar-refractivity contribution in [2.45, 2.75) is 39.8 Å². The van der Waals surface area contributed by atoms with E-state index >= 15 is 0 Å². The maximum Gasteiger partial charge on any atom is 0.270 e. The number of carbonyl (C=O) groups excluding carboxylic acids is 1. The number of amides is 1. The van der Waals surface area contributed by atoms with E-state index in [1.807, 2.05) is 84.3 Å². The molecule has 32 heavy (non-hydrogen) atoms. The van der Waals surface area contributed by atoms with Crippen LogP contribution in [0.1, 0.15) is 48.4 Å². The smallest absolute Gasteiger partial charge is 0.270 e. The first-order valence-corrected chi connectivity index (χ1v) is 11.2. The predicted octanol–water partition coefficient (Wildman–Crippen LogP) is 6.29. The zero-order valence-corrected chi connectivity index (χ0v) is 18.9. The van der Waals surface area contributed by atoms with Gasteiger partial charge >= 0.3 is 0 Å². The van der Waals surface area contributed by atoms with Crippen molar-refractivity contribution in [1.29, 1.82) is 0 Å². The quantitative estimate of drug-likeness (QED) is 0.380. The molecule has 0 aliphatic carbocycles. The highest BCUT2D eigenvalue weighted by Crippen LogP contribution is 2.30. The van der Waals surface area contributed by atoms with Crippen molar-refractivity contribution in [3.63, 3.8) is 0 Å². The van der Waals surface area contributed by atoms with Crippen LogP contribution in [0.5, 0.6) is 0 Å². The summed E-state index contributed by atoms with van der Waals surface area (Å²) >= 11 is 0. The van der Waals surface area contributed by atoms with Crippen LogP contribution in [0.2, 0.25) is 0 Å². The fourth-order valence-electron chi connectivity index (χ4n) is 4.03. The highest BCUT2D eigenvalue weighted by Gasteiger charge is 2.25. The van der Waals surface area contributed by atoms with E-state index in [9.17, 15) is 4.79 Å². The predicted molar refractivity (Wildman–Crippen MR) is 130 cm³/mol. The van der Waals surface area contributed by atoms with Crippen LogP contribution in [0.15, 0.2) is 84.9 Å². The van der Waals surface area contributed by atoms with Gasteiger partial charge in [0, 0.05) is 17.7 Å². The van der Waals surface area contributed by atoms with Gasteiger partial charge in [-0.05, 0) is 37.5 Å². The van der Waals surface area contributed by atoms with E-state index in [0.29, 0.717) is 12.2 Å². The zero-order valence-electron chi connectivity index (χ0n) is 18.9. The molecule has 0 fully saturated rings. The Hall–Kier alpha value is -3.66. The standard InChI is InChI=1S/C28H29N3O/c1-4-21-13-12-18-24(19-21)25-26(28(32)29-20(3)22-14-8-6-9-15-22)31(5-2)27(30-25)23-16-10-7-11-17-23/h6-20H,4-5H2,1-3H3,(H,29,32)/t20-/m0/s1. The Balaban J connectivity index is 1.83. The molecule has 162 valence electrons. The number of benzene rings is 3. The first-order chi connectivity index (χ1) is 15.6. The van der Waals surface area contributed by atoms with Gasteiger partial charge in [-0.15, -0.1) is 0 Å². The van der Waals surface area contributed by atoms with E-state index in [1.165, 1.54) is 5.56 Å². The van der Waals surface area contributed by atoms with Gasteiger partial charge in [-0.25, -0.2) is 4.98 Å². The van der Waals surface area contributed by atoms with Gasteiger partial charge in [0.05, 0.1) is 6.04 Å². The van der Waals surface area contributed by atoms with Crippen molar-refractivity contribution < 1.29 is 4.79 Å². The van der Waals surface area contributed by atoms with Gasteiger partial charge in [0.25, 0.3) is 5.91 Å². The SMILES string of the molecule is CCc1cccc(-c2nc(-c3ccccc3)n(CC)c2C(=O)N[C@@H](C)c2ccccc2)c1. The van der Waals surface area contributed by atoms with Crippen LogP contribution in [0.3, 0.4) is 0 Å². The summed E-state index contributed by atoms with van der Waals surface area (Å²) < 4.78 is 2.02. The van der Waals surface area contributed by atoms with Crippen LogP contribution in [-0.4, -0.2) is 15.5 Å². The molecule has 0 radical (unpaired) electrons. The molecule has 4 rings (SSSR count). The van der Waals surface area contributed by atoms with Gasteiger partial charge in [0.15, 0.2) is 0 Å². The van der Waals surface area contributed by atoms with Crippen molar-refractivity contribution in [2.24, 2.45) is 0 Å². The lowest BCUT2D eigenvalue weighted by molar-refractivity contribution is 0.0931. The number of nitrogens with zero attached hydrogens (tertiary/aromatic N) is 2. The fourth-order valence-corrected chi connectivity index (χ4v) is 4.03. The first-order valence-electron chi connectivity index (χ1n) is 11.2. The van der Waals surface area contributed by atoms with Gasteiger partial charge in [-0.2, -0.15) is 0 Å². The summed E-state index contributed by atoms with van der Waals surface area (Å²) in [6.07, 6.45) is 0.931. The molecule has 0 saturated carbocycles. The summed E-state index contributed by atoms with van der Waals surface area (Å²) in [5.74, 6) is 0.692. The van der Waals surface area contributed by atoms with Crippen LogP contribution in [0.4, 0.5) is 0 Å². The Bertz CT molecular complexity index is 1200. The van der Waals surface area contributed by atoms with Gasteiger partial charge in [0.2, 0.25) is 0 Å². The minimum absolute atomic E-state index is 0.112. The van der Waals surface area contributed by atoms with Crippen molar-refractivity contribution >= 4 is 5.91 Å². The molecule has 4 aromatic rings. The molecule has 1 N–H and O–H groups in total. The number of imidazole rings is 1. The van der Waals surface area contributed by atoms with E-state index in [2.05, 4.69) is 31.3 Å². The van der Waals surface area contributed by atoms with Crippen molar-refractivity contribution in [3.05, 3.63) is 102 Å². The molecule has 1 atom stereocenters. The van der Waals surface area contributed by atoms with Crippen molar-refractivity contribution in [3.8, 4) is 22.6 Å². The molecule has 0 saturated heterocycles. The number of carbonyl (C=O) groups is 1. The molecule has 0 spiro atoms. The number of aromatic nitrogens is 2. The van der Waals surface area contributed by atoms with E-state index in [0.717, 1.165) is 34.6 Å². The Morgan fingerprint density at radius 3 is 2.22 bits per heavy atom. The fraction of sp³-hybridized carbons (Fsp3) is 0.214. The van der Waals surface area contributed by atoms with Crippen LogP contribution < -0.4 is 5.32 Å². The topological polar surface area (TPSA) is 46.9 Å². The first kappa shape index (κ1) is 21.6. The Morgan fingerprint density at radius 2 is 1.56 bits per heavy atom. The molecular formula is C28H29N3O. The molecule has 4 heteroatoms. The third-order valence-corrected chi connectivity index (χ3v) is 5.79. The zero-order chi connectivity index (χ0) is 22.5. The largest absolute Gasteiger partial charge is 0.344 e. The van der Waals surface area contributed by atoms with Gasteiger partial charge < -0.3 is 9.88 Å². The van der Waals surface area contributed by atoms with Gasteiger partial charge in [-0.3, -0.25) is 4.79 Å². The second-order valence-corrected chi connectivity index (χ2v) is 7.90. The van der Waals surface area contributed by atoms with E-state index in [-0.39, 0.29) is 11.9 Å². The minimum atomic E-state index is -0.116. The number of rotatable bonds is 7. The molecular weight excluding hydrogens is 394 g/mol. The normalized spacial score (nSPS) is 11.8. The van der Waals surface area contributed by atoms with E-state index in [4.69, 9.17) is 4.98 Å². The van der Waals surface area contributed by atoms with Crippen LogP contribution in [0.25, 0.3) is 22.6 Å². The number of aryl methyl sites for hydroxylation is 1. The number of nitrogens with one attached hydrogen (secondary N) is 1. The second kappa shape index (κ2) is 9.65. The van der Waals surface area contributed by atoms with Gasteiger partial charge in [-0.1, -0.05) is 85.8 Å². The number of hydrogen-bond acceptors (Lipinski definition) is 2. The average Bonchev–Trinajstić information content (AvgIpc) is 3.25. The molecule has 1 heterocycles. The molecule has 1 amide bonds. The summed E-state index contributed by atoms with van der Waals surface area (Å²) in [5, 5.41) is 3.19. The lowest BCUT2D eigenvalue weighted by Gasteiger charge is -2.16. The van der Waals surface area contributed by atoms with Gasteiger partial charge in [0.1, 0.15) is 17.2 Å². The minimum Gasteiger partial charge on any atom is -0.344 e. The molecule has 4 nitrogen and oxygen atoms in total. The lowest BCUT2D eigenvalue weighted by atomic mass is 10.0. The van der Waals surface area contributed by atoms with Crippen molar-refractivity contribution in [2.75, 3.05) is 0 Å². The molecule has 0 bridgehead atoms. The van der Waals surface area contributed by atoms with Crippen LogP contribution in [-0.2, 0) is 13.0 Å². The second-order valence-electron chi connectivity index (χ2n) is 7.90.